The standard InChI is InChI=1S/C26H26N6O3S/c1-17-14-18(2)31(28-17)25-15-22(8-9-24(25)32(34)35)29-10-12-30(13-11-29)26(33)21-6-4-20(5-7-21)23-16-36-19(3)27-23/h4-9,14-16H,10-13H2,1-3H3. The Bertz CT molecular complexity index is 1430. The fourth-order valence-electron chi connectivity index (χ4n) is 4.54. The van der Waals surface area contributed by atoms with Crippen molar-refractivity contribution in [1.82, 2.24) is 19.7 Å². The van der Waals surface area contributed by atoms with E-state index in [-0.39, 0.29) is 16.5 Å². The van der Waals surface area contributed by atoms with Crippen molar-refractivity contribution in [3.63, 3.8) is 0 Å². The Morgan fingerprint density at radius 3 is 2.31 bits per heavy atom. The number of carbonyl (C=O) groups is 1. The number of hydrogen-bond acceptors (Lipinski definition) is 7. The van der Waals surface area contributed by atoms with E-state index in [1.54, 1.807) is 22.1 Å². The quantitative estimate of drug-likeness (QED) is 0.287. The number of rotatable bonds is 5. The number of nitrogens with zero attached hydrogens (tertiary/aromatic N) is 6. The maximum atomic E-state index is 13.1. The van der Waals surface area contributed by atoms with Gasteiger partial charge in [0.15, 0.2) is 0 Å². The first kappa shape index (κ1) is 23.7. The van der Waals surface area contributed by atoms with Gasteiger partial charge in [0.1, 0.15) is 5.69 Å². The summed E-state index contributed by atoms with van der Waals surface area (Å²) in [7, 11) is 0. The lowest BCUT2D eigenvalue weighted by atomic mass is 10.1. The lowest BCUT2D eigenvalue weighted by molar-refractivity contribution is -0.384. The summed E-state index contributed by atoms with van der Waals surface area (Å²) < 4.78 is 1.62. The van der Waals surface area contributed by atoms with E-state index in [4.69, 9.17) is 0 Å². The molecule has 36 heavy (non-hydrogen) atoms. The van der Waals surface area contributed by atoms with Crippen molar-refractivity contribution in [2.24, 2.45) is 0 Å². The van der Waals surface area contributed by atoms with Crippen LogP contribution in [0.15, 0.2) is 53.9 Å². The van der Waals surface area contributed by atoms with Gasteiger partial charge in [0.25, 0.3) is 11.6 Å². The zero-order chi connectivity index (χ0) is 25.4. The Labute approximate surface area is 212 Å². The summed E-state index contributed by atoms with van der Waals surface area (Å²) in [4.78, 5) is 32.9. The van der Waals surface area contributed by atoms with Gasteiger partial charge in [0.05, 0.1) is 21.3 Å². The monoisotopic (exact) mass is 502 g/mol. The molecule has 0 unspecified atom stereocenters. The van der Waals surface area contributed by atoms with Crippen LogP contribution in [0.2, 0.25) is 0 Å². The predicted octanol–water partition coefficient (Wildman–Crippen LogP) is 4.79. The van der Waals surface area contributed by atoms with Crippen molar-refractivity contribution < 1.29 is 9.72 Å². The lowest BCUT2D eigenvalue weighted by Crippen LogP contribution is -2.48. The molecule has 1 aliphatic heterocycles. The van der Waals surface area contributed by atoms with Gasteiger partial charge in [-0.3, -0.25) is 14.9 Å². The number of anilines is 1. The van der Waals surface area contributed by atoms with E-state index in [1.165, 1.54) is 6.07 Å². The molecule has 0 bridgehead atoms. The molecule has 3 heterocycles. The first-order chi connectivity index (χ1) is 17.3. The smallest absolute Gasteiger partial charge is 0.295 e. The third-order valence-corrected chi connectivity index (χ3v) is 7.15. The Morgan fingerprint density at radius 1 is 1.00 bits per heavy atom. The van der Waals surface area contributed by atoms with Gasteiger partial charge < -0.3 is 9.80 Å². The number of hydrogen-bond donors (Lipinski definition) is 0. The molecule has 1 saturated heterocycles. The van der Waals surface area contributed by atoms with Gasteiger partial charge in [0, 0.05) is 60.1 Å². The van der Waals surface area contributed by atoms with Crippen molar-refractivity contribution >= 4 is 28.6 Å². The highest BCUT2D eigenvalue weighted by molar-refractivity contribution is 7.09. The molecule has 5 rings (SSSR count). The van der Waals surface area contributed by atoms with Gasteiger partial charge >= 0.3 is 0 Å². The highest BCUT2D eigenvalue weighted by Gasteiger charge is 2.25. The fraction of sp³-hybridized carbons (Fsp3) is 0.269. The van der Waals surface area contributed by atoms with E-state index in [1.807, 2.05) is 67.4 Å². The molecule has 184 valence electrons. The van der Waals surface area contributed by atoms with Crippen LogP contribution in [-0.2, 0) is 0 Å². The van der Waals surface area contributed by atoms with Crippen LogP contribution in [0.1, 0.15) is 26.8 Å². The van der Waals surface area contributed by atoms with Crippen LogP contribution in [0.3, 0.4) is 0 Å². The second kappa shape index (κ2) is 9.54. The Morgan fingerprint density at radius 2 is 1.72 bits per heavy atom. The summed E-state index contributed by atoms with van der Waals surface area (Å²) >= 11 is 1.61. The molecule has 0 saturated carbocycles. The maximum absolute atomic E-state index is 13.1. The summed E-state index contributed by atoms with van der Waals surface area (Å²) in [5.41, 5.74) is 5.53. The lowest BCUT2D eigenvalue weighted by Gasteiger charge is -2.36. The van der Waals surface area contributed by atoms with Gasteiger partial charge in [-0.2, -0.15) is 5.10 Å². The Kier molecular flexibility index (Phi) is 6.27. The average Bonchev–Trinajstić information content (AvgIpc) is 3.47. The molecule has 2 aromatic carbocycles. The molecule has 9 nitrogen and oxygen atoms in total. The fourth-order valence-corrected chi connectivity index (χ4v) is 5.16. The zero-order valence-electron chi connectivity index (χ0n) is 20.3. The largest absolute Gasteiger partial charge is 0.368 e. The van der Waals surface area contributed by atoms with Gasteiger partial charge in [-0.25, -0.2) is 9.67 Å². The normalized spacial score (nSPS) is 13.8. The molecule has 4 aromatic rings. The van der Waals surface area contributed by atoms with E-state index in [0.29, 0.717) is 37.4 Å². The molecule has 1 fully saturated rings. The molecular weight excluding hydrogens is 476 g/mol. The third-order valence-electron chi connectivity index (χ3n) is 6.37. The van der Waals surface area contributed by atoms with E-state index >= 15 is 0 Å². The molecular formula is C26H26N6O3S. The van der Waals surface area contributed by atoms with Crippen LogP contribution >= 0.6 is 11.3 Å². The number of nitro groups is 1. The predicted molar refractivity (Wildman–Crippen MR) is 140 cm³/mol. The Hall–Kier alpha value is -4.05. The van der Waals surface area contributed by atoms with Crippen molar-refractivity contribution in [3.05, 3.63) is 86.0 Å². The van der Waals surface area contributed by atoms with E-state index in [0.717, 1.165) is 33.3 Å². The van der Waals surface area contributed by atoms with Gasteiger partial charge in [-0.15, -0.1) is 11.3 Å². The topological polar surface area (TPSA) is 97.4 Å². The van der Waals surface area contributed by atoms with E-state index in [9.17, 15) is 14.9 Å². The minimum atomic E-state index is -0.382. The third kappa shape index (κ3) is 4.59. The van der Waals surface area contributed by atoms with Crippen LogP contribution < -0.4 is 4.90 Å². The number of carbonyl (C=O) groups excluding carboxylic acids is 1. The van der Waals surface area contributed by atoms with Crippen LogP contribution in [0.4, 0.5) is 11.4 Å². The number of piperazine rings is 1. The highest BCUT2D eigenvalue weighted by atomic mass is 32.1. The zero-order valence-corrected chi connectivity index (χ0v) is 21.2. The second-order valence-corrected chi connectivity index (χ2v) is 9.94. The number of benzene rings is 2. The minimum absolute atomic E-state index is 0.00249. The van der Waals surface area contributed by atoms with Crippen LogP contribution in [0.5, 0.6) is 0 Å². The summed E-state index contributed by atoms with van der Waals surface area (Å²) in [5.74, 6) is 0.00249. The second-order valence-electron chi connectivity index (χ2n) is 8.88. The summed E-state index contributed by atoms with van der Waals surface area (Å²) in [6.07, 6.45) is 0. The molecule has 10 heteroatoms. The first-order valence-electron chi connectivity index (χ1n) is 11.7. The number of aryl methyl sites for hydroxylation is 3. The summed E-state index contributed by atoms with van der Waals surface area (Å²) in [5, 5.41) is 19.1. The van der Waals surface area contributed by atoms with Gasteiger partial charge in [-0.05, 0) is 51.1 Å². The average molecular weight is 503 g/mol. The molecule has 0 radical (unpaired) electrons. The summed E-state index contributed by atoms with van der Waals surface area (Å²) in [6.45, 7) is 8.12. The first-order valence-corrected chi connectivity index (χ1v) is 12.6. The molecule has 0 spiro atoms. The number of nitro benzene ring substituents is 1. The molecule has 1 aliphatic rings. The van der Waals surface area contributed by atoms with Crippen molar-refractivity contribution in [2.75, 3.05) is 31.1 Å². The van der Waals surface area contributed by atoms with Crippen molar-refractivity contribution in [3.8, 4) is 16.9 Å². The highest BCUT2D eigenvalue weighted by Crippen LogP contribution is 2.30. The molecule has 0 aliphatic carbocycles. The van der Waals surface area contributed by atoms with Crippen LogP contribution in [0.25, 0.3) is 16.9 Å². The van der Waals surface area contributed by atoms with Gasteiger partial charge in [-0.1, -0.05) is 12.1 Å². The van der Waals surface area contributed by atoms with Crippen LogP contribution in [-0.4, -0.2) is 56.7 Å². The minimum Gasteiger partial charge on any atom is -0.368 e. The number of thiazole rings is 1. The van der Waals surface area contributed by atoms with E-state index in [2.05, 4.69) is 15.0 Å². The molecule has 2 aromatic heterocycles. The molecule has 0 atom stereocenters. The number of amides is 1. The summed E-state index contributed by atoms with van der Waals surface area (Å²) in [6, 6.07) is 14.6. The molecule has 1 amide bonds. The Balaban J connectivity index is 1.29. The van der Waals surface area contributed by atoms with E-state index < -0.39 is 0 Å². The van der Waals surface area contributed by atoms with Gasteiger partial charge in [0.2, 0.25) is 0 Å². The van der Waals surface area contributed by atoms with Crippen molar-refractivity contribution in [2.45, 2.75) is 20.8 Å². The SMILES string of the molecule is Cc1cc(C)n(-c2cc(N3CCN(C(=O)c4ccc(-c5csc(C)n5)cc4)CC3)ccc2[N+](=O)[O-])n1. The van der Waals surface area contributed by atoms with Crippen molar-refractivity contribution in [1.29, 1.82) is 0 Å². The molecule has 0 N–H and O–H groups in total. The maximum Gasteiger partial charge on any atom is 0.295 e. The van der Waals surface area contributed by atoms with Crippen LogP contribution in [0, 0.1) is 30.9 Å². The number of aromatic nitrogens is 3.